The van der Waals surface area contributed by atoms with Crippen LogP contribution in [0.3, 0.4) is 0 Å². The molecule has 6 nitrogen and oxygen atoms in total. The third kappa shape index (κ3) is 3.47. The van der Waals surface area contributed by atoms with Gasteiger partial charge in [-0.2, -0.15) is 0 Å². The molecule has 156 valence electrons. The van der Waals surface area contributed by atoms with Crippen molar-refractivity contribution >= 4 is 17.8 Å². The van der Waals surface area contributed by atoms with Gasteiger partial charge in [0.15, 0.2) is 0 Å². The van der Waals surface area contributed by atoms with E-state index in [0.717, 1.165) is 40.9 Å². The van der Waals surface area contributed by atoms with Crippen LogP contribution >= 0.6 is 0 Å². The molecule has 2 aromatic rings. The molecule has 1 aliphatic heterocycles. The van der Waals surface area contributed by atoms with Crippen molar-refractivity contribution in [2.24, 2.45) is 0 Å². The number of hydrogen-bond donors (Lipinski definition) is 1. The first-order valence-electron chi connectivity index (χ1n) is 10.5. The molecule has 4 rings (SSSR count). The standard InChI is InChI=1S/C24H27N3O3/c1-3-17-10-12-18(13-11-17)15-26(2)21(28)16-27-22(29)24(25-23(27)30)14-6-8-19-7-4-5-9-20(19)24/h4-5,7,9-13H,3,6,8,14-16H2,1-2H3,(H,25,30)/t24-/m1/s1. The second-order valence-electron chi connectivity index (χ2n) is 8.16. The van der Waals surface area contributed by atoms with Gasteiger partial charge in [-0.3, -0.25) is 14.5 Å². The number of carbonyl (C=O) groups is 3. The summed E-state index contributed by atoms with van der Waals surface area (Å²) < 4.78 is 0. The van der Waals surface area contributed by atoms with Crippen LogP contribution in [-0.2, 0) is 34.5 Å². The number of likely N-dealkylation sites (N-methyl/N-ethyl adjacent to an activating group) is 1. The van der Waals surface area contributed by atoms with Crippen LogP contribution in [0.1, 0.15) is 42.0 Å². The maximum Gasteiger partial charge on any atom is 0.325 e. The number of hydrogen-bond acceptors (Lipinski definition) is 3. The highest BCUT2D eigenvalue weighted by atomic mass is 16.2. The number of amides is 4. The van der Waals surface area contributed by atoms with E-state index in [1.807, 2.05) is 36.4 Å². The Kier molecular flexibility index (Phi) is 5.33. The summed E-state index contributed by atoms with van der Waals surface area (Å²) in [6.07, 6.45) is 3.23. The molecular weight excluding hydrogens is 378 g/mol. The molecule has 0 radical (unpaired) electrons. The Morgan fingerprint density at radius 2 is 1.80 bits per heavy atom. The third-order valence-corrected chi connectivity index (χ3v) is 6.22. The van der Waals surface area contributed by atoms with Gasteiger partial charge in [-0.1, -0.05) is 55.5 Å². The second-order valence-corrected chi connectivity index (χ2v) is 8.16. The largest absolute Gasteiger partial charge is 0.340 e. The molecule has 2 aromatic carbocycles. The van der Waals surface area contributed by atoms with E-state index in [1.165, 1.54) is 5.56 Å². The molecule has 1 heterocycles. The quantitative estimate of drug-likeness (QED) is 0.778. The van der Waals surface area contributed by atoms with Gasteiger partial charge in [0.2, 0.25) is 5.91 Å². The first-order chi connectivity index (χ1) is 14.4. The van der Waals surface area contributed by atoms with Crippen LogP contribution in [0.15, 0.2) is 48.5 Å². The van der Waals surface area contributed by atoms with Crippen molar-refractivity contribution in [2.45, 2.75) is 44.7 Å². The Morgan fingerprint density at radius 1 is 1.10 bits per heavy atom. The molecule has 1 N–H and O–H groups in total. The molecule has 1 atom stereocenters. The number of nitrogens with zero attached hydrogens (tertiary/aromatic N) is 2. The Hall–Kier alpha value is -3.15. The molecule has 0 unspecified atom stereocenters. The molecule has 1 fully saturated rings. The van der Waals surface area contributed by atoms with E-state index >= 15 is 0 Å². The average molecular weight is 405 g/mol. The summed E-state index contributed by atoms with van der Waals surface area (Å²) in [7, 11) is 1.69. The first-order valence-corrected chi connectivity index (χ1v) is 10.5. The number of benzene rings is 2. The number of urea groups is 1. The normalized spacial score (nSPS) is 20.3. The van der Waals surface area contributed by atoms with Gasteiger partial charge in [0, 0.05) is 13.6 Å². The molecule has 1 spiro atoms. The van der Waals surface area contributed by atoms with Crippen molar-refractivity contribution in [3.05, 3.63) is 70.8 Å². The third-order valence-electron chi connectivity index (χ3n) is 6.22. The number of rotatable bonds is 5. The molecule has 0 bridgehead atoms. The number of aryl methyl sites for hydroxylation is 2. The lowest BCUT2D eigenvalue weighted by molar-refractivity contribution is -0.139. The first kappa shape index (κ1) is 20.1. The van der Waals surface area contributed by atoms with E-state index in [9.17, 15) is 14.4 Å². The molecule has 30 heavy (non-hydrogen) atoms. The van der Waals surface area contributed by atoms with Crippen LogP contribution in [0.4, 0.5) is 4.79 Å². The molecule has 0 saturated carbocycles. The summed E-state index contributed by atoms with van der Waals surface area (Å²) in [5.74, 6) is -0.590. The van der Waals surface area contributed by atoms with E-state index in [1.54, 1.807) is 11.9 Å². The Labute approximate surface area is 176 Å². The monoisotopic (exact) mass is 405 g/mol. The Morgan fingerprint density at radius 3 is 2.53 bits per heavy atom. The number of nitrogens with one attached hydrogen (secondary N) is 1. The van der Waals surface area contributed by atoms with Crippen LogP contribution in [0.2, 0.25) is 0 Å². The lowest BCUT2D eigenvalue weighted by atomic mass is 9.76. The van der Waals surface area contributed by atoms with Gasteiger partial charge < -0.3 is 10.2 Å². The zero-order valence-corrected chi connectivity index (χ0v) is 17.5. The maximum absolute atomic E-state index is 13.3. The van der Waals surface area contributed by atoms with Gasteiger partial charge in [-0.05, 0) is 47.9 Å². The molecule has 0 aromatic heterocycles. The maximum atomic E-state index is 13.3. The highest BCUT2D eigenvalue weighted by Crippen LogP contribution is 2.39. The van der Waals surface area contributed by atoms with Crippen molar-refractivity contribution < 1.29 is 14.4 Å². The molecule has 6 heteroatoms. The summed E-state index contributed by atoms with van der Waals surface area (Å²) in [5.41, 5.74) is 3.15. The molecular formula is C24H27N3O3. The predicted molar refractivity (Wildman–Crippen MR) is 114 cm³/mol. The summed E-state index contributed by atoms with van der Waals surface area (Å²) in [6.45, 7) is 2.28. The van der Waals surface area contributed by atoms with Crippen LogP contribution in [0.25, 0.3) is 0 Å². The van der Waals surface area contributed by atoms with Gasteiger partial charge >= 0.3 is 6.03 Å². The fraction of sp³-hybridized carbons (Fsp3) is 0.375. The van der Waals surface area contributed by atoms with Crippen LogP contribution in [-0.4, -0.2) is 41.2 Å². The summed E-state index contributed by atoms with van der Waals surface area (Å²) in [6, 6.07) is 15.4. The summed E-state index contributed by atoms with van der Waals surface area (Å²) in [5, 5.41) is 2.90. The highest BCUT2D eigenvalue weighted by molar-refractivity contribution is 6.09. The fourth-order valence-electron chi connectivity index (χ4n) is 4.45. The van der Waals surface area contributed by atoms with Crippen molar-refractivity contribution in [1.82, 2.24) is 15.1 Å². The van der Waals surface area contributed by atoms with Gasteiger partial charge in [0.1, 0.15) is 12.1 Å². The SMILES string of the molecule is CCc1ccc(CN(C)C(=O)CN2C(=O)N[C@@]3(CCCc4ccccc43)C2=O)cc1. The summed E-state index contributed by atoms with van der Waals surface area (Å²) in [4.78, 5) is 41.4. The molecule has 4 amide bonds. The van der Waals surface area contributed by atoms with Gasteiger partial charge in [-0.25, -0.2) is 4.79 Å². The fourth-order valence-corrected chi connectivity index (χ4v) is 4.45. The van der Waals surface area contributed by atoms with Crippen molar-refractivity contribution in [2.75, 3.05) is 13.6 Å². The molecule has 1 aliphatic carbocycles. The Bertz CT molecular complexity index is 985. The number of carbonyl (C=O) groups excluding carboxylic acids is 3. The number of fused-ring (bicyclic) bond motifs is 2. The van der Waals surface area contributed by atoms with E-state index in [2.05, 4.69) is 24.4 Å². The number of imide groups is 1. The van der Waals surface area contributed by atoms with Crippen molar-refractivity contribution in [3.8, 4) is 0 Å². The van der Waals surface area contributed by atoms with E-state index in [0.29, 0.717) is 13.0 Å². The lowest BCUT2D eigenvalue weighted by Gasteiger charge is -2.33. The summed E-state index contributed by atoms with van der Waals surface area (Å²) >= 11 is 0. The van der Waals surface area contributed by atoms with E-state index in [-0.39, 0.29) is 18.4 Å². The van der Waals surface area contributed by atoms with Crippen LogP contribution in [0, 0.1) is 0 Å². The van der Waals surface area contributed by atoms with Crippen molar-refractivity contribution in [1.29, 1.82) is 0 Å². The topological polar surface area (TPSA) is 69.7 Å². The van der Waals surface area contributed by atoms with Gasteiger partial charge in [0.25, 0.3) is 5.91 Å². The highest BCUT2D eigenvalue weighted by Gasteiger charge is 2.54. The van der Waals surface area contributed by atoms with Gasteiger partial charge in [0.05, 0.1) is 0 Å². The Balaban J connectivity index is 1.48. The van der Waals surface area contributed by atoms with E-state index in [4.69, 9.17) is 0 Å². The predicted octanol–water partition coefficient (Wildman–Crippen LogP) is 2.99. The van der Waals surface area contributed by atoms with Crippen LogP contribution < -0.4 is 5.32 Å². The minimum Gasteiger partial charge on any atom is -0.340 e. The van der Waals surface area contributed by atoms with E-state index < -0.39 is 11.6 Å². The average Bonchev–Trinajstić information content (AvgIpc) is 2.99. The minimum absolute atomic E-state index is 0.252. The second kappa shape index (κ2) is 7.94. The molecule has 2 aliphatic rings. The van der Waals surface area contributed by atoms with Crippen molar-refractivity contribution in [3.63, 3.8) is 0 Å². The van der Waals surface area contributed by atoms with Gasteiger partial charge in [-0.15, -0.1) is 0 Å². The zero-order chi connectivity index (χ0) is 21.3. The minimum atomic E-state index is -1.04. The van der Waals surface area contributed by atoms with Crippen LogP contribution in [0.5, 0.6) is 0 Å². The smallest absolute Gasteiger partial charge is 0.325 e. The zero-order valence-electron chi connectivity index (χ0n) is 17.5. The lowest BCUT2D eigenvalue weighted by Crippen LogP contribution is -2.47. The molecule has 1 saturated heterocycles.